The first-order valence-corrected chi connectivity index (χ1v) is 11.4. The van der Waals surface area contributed by atoms with E-state index < -0.39 is 0 Å². The molecule has 3 aliphatic rings. The van der Waals surface area contributed by atoms with E-state index in [-0.39, 0.29) is 5.41 Å². The van der Waals surface area contributed by atoms with Crippen molar-refractivity contribution < 1.29 is 4.74 Å². The number of hydrogen-bond acceptors (Lipinski definition) is 4. The Morgan fingerprint density at radius 1 is 1.24 bits per heavy atom. The molecule has 0 aromatic carbocycles. The summed E-state index contributed by atoms with van der Waals surface area (Å²) in [6.07, 6.45) is 6.98. The summed E-state index contributed by atoms with van der Waals surface area (Å²) < 4.78 is 6.06. The Balaban J connectivity index is 1.32. The van der Waals surface area contributed by atoms with Crippen molar-refractivity contribution in [2.75, 3.05) is 31.1 Å². The number of aromatic nitrogens is 1. The maximum atomic E-state index is 6.06. The van der Waals surface area contributed by atoms with Crippen LogP contribution in [0, 0.1) is 18.3 Å². The first-order chi connectivity index (χ1) is 14.0. The number of ether oxygens (including phenoxy) is 1. The van der Waals surface area contributed by atoms with Crippen LogP contribution in [0.15, 0.2) is 23.3 Å². The average Bonchev–Trinajstić information content (AvgIpc) is 2.73. The van der Waals surface area contributed by atoms with E-state index in [1.165, 1.54) is 18.4 Å². The lowest BCUT2D eigenvalue weighted by Crippen LogP contribution is -2.71. The van der Waals surface area contributed by atoms with E-state index in [4.69, 9.17) is 9.73 Å². The van der Waals surface area contributed by atoms with Gasteiger partial charge in [0, 0.05) is 55.9 Å². The summed E-state index contributed by atoms with van der Waals surface area (Å²) in [6, 6.07) is 5.17. The van der Waals surface area contributed by atoms with Gasteiger partial charge in [0.15, 0.2) is 5.96 Å². The predicted molar refractivity (Wildman–Crippen MR) is 118 cm³/mol. The molecule has 2 saturated heterocycles. The van der Waals surface area contributed by atoms with Gasteiger partial charge in [0.25, 0.3) is 0 Å². The standard InChI is InChI=1S/C23H37N5O/c1-5-24-22(27-20-18-7-6-14-29-21(18)23(20,3)4)26-17-10-12-28(13-11-17)19-9-8-16(2)15-25-19/h8-9,15,17-18,20-21H,5-7,10-14H2,1-4H3,(H2,24,26,27). The zero-order chi connectivity index (χ0) is 20.4. The molecule has 2 N–H and O–H groups in total. The normalized spacial score (nSPS) is 29.7. The van der Waals surface area contributed by atoms with Crippen molar-refractivity contribution in [3.8, 4) is 0 Å². The molecule has 0 bridgehead atoms. The molecule has 6 heteroatoms. The topological polar surface area (TPSA) is 61.8 Å². The van der Waals surface area contributed by atoms with Crippen molar-refractivity contribution in [3.63, 3.8) is 0 Å². The lowest BCUT2D eigenvalue weighted by Gasteiger charge is -2.60. The third kappa shape index (κ3) is 4.23. The number of hydrogen-bond donors (Lipinski definition) is 2. The number of aryl methyl sites for hydroxylation is 1. The van der Waals surface area contributed by atoms with Crippen molar-refractivity contribution in [1.29, 1.82) is 0 Å². The van der Waals surface area contributed by atoms with E-state index in [1.807, 2.05) is 6.20 Å². The van der Waals surface area contributed by atoms with Crippen molar-refractivity contribution in [3.05, 3.63) is 23.9 Å². The molecule has 3 atom stereocenters. The molecule has 3 heterocycles. The largest absolute Gasteiger partial charge is 0.377 e. The summed E-state index contributed by atoms with van der Waals surface area (Å²) in [7, 11) is 0. The van der Waals surface area contributed by atoms with E-state index in [1.54, 1.807) is 0 Å². The quantitative estimate of drug-likeness (QED) is 0.602. The third-order valence-electron chi connectivity index (χ3n) is 7.00. The van der Waals surface area contributed by atoms with Gasteiger partial charge in [0.2, 0.25) is 0 Å². The van der Waals surface area contributed by atoms with Gasteiger partial charge in [-0.15, -0.1) is 0 Å². The van der Waals surface area contributed by atoms with Crippen LogP contribution in [0.3, 0.4) is 0 Å². The minimum absolute atomic E-state index is 0.155. The fourth-order valence-electron chi connectivity index (χ4n) is 5.35. The van der Waals surface area contributed by atoms with Gasteiger partial charge < -0.3 is 20.3 Å². The van der Waals surface area contributed by atoms with Gasteiger partial charge in [-0.3, -0.25) is 4.99 Å². The summed E-state index contributed by atoms with van der Waals surface area (Å²) in [6.45, 7) is 12.6. The Labute approximate surface area is 175 Å². The number of aliphatic imine (C=N–C) groups is 1. The van der Waals surface area contributed by atoms with Crippen LogP contribution < -0.4 is 15.5 Å². The molecule has 6 nitrogen and oxygen atoms in total. The molecule has 160 valence electrons. The Kier molecular flexibility index (Phi) is 6.00. The summed E-state index contributed by atoms with van der Waals surface area (Å²) in [5.74, 6) is 2.67. The highest BCUT2D eigenvalue weighted by Gasteiger charge is 2.58. The van der Waals surface area contributed by atoms with Crippen LogP contribution >= 0.6 is 0 Å². The van der Waals surface area contributed by atoms with E-state index in [9.17, 15) is 0 Å². The van der Waals surface area contributed by atoms with E-state index in [0.29, 0.717) is 24.1 Å². The Morgan fingerprint density at radius 3 is 2.72 bits per heavy atom. The average molecular weight is 400 g/mol. The lowest BCUT2D eigenvalue weighted by atomic mass is 9.55. The fourth-order valence-corrected chi connectivity index (χ4v) is 5.35. The van der Waals surface area contributed by atoms with E-state index >= 15 is 0 Å². The minimum Gasteiger partial charge on any atom is -0.377 e. The fraction of sp³-hybridized carbons (Fsp3) is 0.739. The Bertz CT molecular complexity index is 708. The first kappa shape index (κ1) is 20.5. The van der Waals surface area contributed by atoms with Crippen LogP contribution in [0.5, 0.6) is 0 Å². The third-order valence-corrected chi connectivity index (χ3v) is 7.00. The number of guanidine groups is 1. The van der Waals surface area contributed by atoms with Crippen LogP contribution in [0.1, 0.15) is 52.0 Å². The van der Waals surface area contributed by atoms with Gasteiger partial charge in [0.1, 0.15) is 5.82 Å². The number of anilines is 1. The van der Waals surface area contributed by atoms with Crippen molar-refractivity contribution in [1.82, 2.24) is 15.6 Å². The molecular formula is C23H37N5O. The monoisotopic (exact) mass is 399 g/mol. The molecule has 4 rings (SSSR count). The molecule has 3 unspecified atom stereocenters. The SMILES string of the molecule is CCN=C(NC1CCN(c2ccc(C)cn2)CC1)NC1C2CCCOC2C1(C)C. The van der Waals surface area contributed by atoms with Gasteiger partial charge in [-0.1, -0.05) is 19.9 Å². The molecular weight excluding hydrogens is 362 g/mol. The molecule has 0 radical (unpaired) electrons. The number of piperidine rings is 1. The van der Waals surface area contributed by atoms with Crippen LogP contribution in [0.25, 0.3) is 0 Å². The zero-order valence-electron chi connectivity index (χ0n) is 18.4. The molecule has 2 aliphatic heterocycles. The second-order valence-electron chi connectivity index (χ2n) is 9.46. The summed E-state index contributed by atoms with van der Waals surface area (Å²) >= 11 is 0. The van der Waals surface area contributed by atoms with Crippen molar-refractivity contribution >= 4 is 11.8 Å². The zero-order valence-corrected chi connectivity index (χ0v) is 18.4. The molecule has 1 aromatic rings. The van der Waals surface area contributed by atoms with Crippen LogP contribution in [-0.4, -0.2) is 55.4 Å². The van der Waals surface area contributed by atoms with Crippen LogP contribution in [0.2, 0.25) is 0 Å². The van der Waals surface area contributed by atoms with Gasteiger partial charge in [-0.25, -0.2) is 4.98 Å². The number of nitrogens with one attached hydrogen (secondary N) is 2. The van der Waals surface area contributed by atoms with E-state index in [2.05, 4.69) is 60.3 Å². The lowest BCUT2D eigenvalue weighted by molar-refractivity contribution is -0.188. The molecule has 1 saturated carbocycles. The highest BCUT2D eigenvalue weighted by molar-refractivity contribution is 5.80. The molecule has 29 heavy (non-hydrogen) atoms. The molecule has 0 amide bonds. The Morgan fingerprint density at radius 2 is 2.03 bits per heavy atom. The van der Waals surface area contributed by atoms with Crippen LogP contribution in [-0.2, 0) is 4.74 Å². The summed E-state index contributed by atoms with van der Waals surface area (Å²) in [5, 5.41) is 7.49. The summed E-state index contributed by atoms with van der Waals surface area (Å²) in [5.41, 5.74) is 1.36. The van der Waals surface area contributed by atoms with Gasteiger partial charge in [-0.05, 0) is 51.2 Å². The van der Waals surface area contributed by atoms with Gasteiger partial charge in [0.05, 0.1) is 6.10 Å². The number of pyridine rings is 1. The highest BCUT2D eigenvalue weighted by atomic mass is 16.5. The Hall–Kier alpha value is -1.82. The predicted octanol–water partition coefficient (Wildman–Crippen LogP) is 3.12. The first-order valence-electron chi connectivity index (χ1n) is 11.4. The number of nitrogens with zero attached hydrogens (tertiary/aromatic N) is 3. The summed E-state index contributed by atoms with van der Waals surface area (Å²) in [4.78, 5) is 11.7. The maximum absolute atomic E-state index is 6.06. The highest BCUT2D eigenvalue weighted by Crippen LogP contribution is 2.51. The van der Waals surface area contributed by atoms with Gasteiger partial charge >= 0.3 is 0 Å². The van der Waals surface area contributed by atoms with Crippen molar-refractivity contribution in [2.45, 2.75) is 71.6 Å². The molecule has 0 spiro atoms. The smallest absolute Gasteiger partial charge is 0.191 e. The minimum atomic E-state index is 0.155. The molecule has 1 aliphatic carbocycles. The van der Waals surface area contributed by atoms with Gasteiger partial charge in [-0.2, -0.15) is 0 Å². The number of rotatable bonds is 4. The molecule has 3 fully saturated rings. The second-order valence-corrected chi connectivity index (χ2v) is 9.46. The van der Waals surface area contributed by atoms with Crippen molar-refractivity contribution in [2.24, 2.45) is 16.3 Å². The van der Waals surface area contributed by atoms with Crippen LogP contribution in [0.4, 0.5) is 5.82 Å². The second kappa shape index (κ2) is 8.50. The van der Waals surface area contributed by atoms with E-state index in [0.717, 1.165) is 50.9 Å². The number of fused-ring (bicyclic) bond motifs is 1. The molecule has 1 aromatic heterocycles. The maximum Gasteiger partial charge on any atom is 0.191 e.